The lowest BCUT2D eigenvalue weighted by Gasteiger charge is -2.14. The van der Waals surface area contributed by atoms with E-state index in [1.165, 1.54) is 4.90 Å². The number of hydrogen-bond donors (Lipinski definition) is 0. The SMILES string of the molecule is CN(CCC#N)C(=O)CCS(=O)CCS(C)(=O)=O. The summed E-state index contributed by atoms with van der Waals surface area (Å²) in [5.74, 6) is -0.0879. The lowest BCUT2D eigenvalue weighted by Crippen LogP contribution is -2.29. The Kier molecular flexibility index (Phi) is 7.78. The van der Waals surface area contributed by atoms with E-state index in [4.69, 9.17) is 5.26 Å². The topological polar surface area (TPSA) is 95.3 Å². The molecule has 0 aromatic heterocycles. The molecule has 1 atom stereocenters. The fourth-order valence-corrected chi connectivity index (χ4v) is 3.64. The Morgan fingerprint density at radius 3 is 2.50 bits per heavy atom. The van der Waals surface area contributed by atoms with Gasteiger partial charge in [0.05, 0.1) is 18.2 Å². The van der Waals surface area contributed by atoms with Gasteiger partial charge in [0.25, 0.3) is 0 Å². The normalized spacial score (nSPS) is 12.7. The van der Waals surface area contributed by atoms with Crippen LogP contribution in [0.1, 0.15) is 12.8 Å². The van der Waals surface area contributed by atoms with Gasteiger partial charge >= 0.3 is 0 Å². The smallest absolute Gasteiger partial charge is 0.223 e. The van der Waals surface area contributed by atoms with Crippen LogP contribution in [0, 0.1) is 11.3 Å². The first kappa shape index (κ1) is 17.1. The first-order valence-corrected chi connectivity index (χ1v) is 8.94. The molecule has 0 saturated carbocycles. The Bertz CT molecular complexity index is 439. The van der Waals surface area contributed by atoms with E-state index in [1.807, 2.05) is 6.07 Å². The monoisotopic (exact) mass is 294 g/mol. The largest absolute Gasteiger partial charge is 0.345 e. The van der Waals surface area contributed by atoms with Crippen LogP contribution in [0.5, 0.6) is 0 Å². The first-order chi connectivity index (χ1) is 8.26. The molecule has 18 heavy (non-hydrogen) atoms. The van der Waals surface area contributed by atoms with Crippen LogP contribution in [0.25, 0.3) is 0 Å². The van der Waals surface area contributed by atoms with Crippen LogP contribution in [0.4, 0.5) is 0 Å². The van der Waals surface area contributed by atoms with Gasteiger partial charge < -0.3 is 4.90 Å². The van der Waals surface area contributed by atoms with Crippen molar-refractivity contribution in [1.82, 2.24) is 4.90 Å². The van der Waals surface area contributed by atoms with Crippen molar-refractivity contribution in [3.8, 4) is 6.07 Å². The molecule has 0 aliphatic heterocycles. The molecule has 0 fully saturated rings. The lowest BCUT2D eigenvalue weighted by atomic mass is 10.3. The second-order valence-electron chi connectivity index (χ2n) is 3.95. The van der Waals surface area contributed by atoms with Gasteiger partial charge in [-0.15, -0.1) is 0 Å². The summed E-state index contributed by atoms with van der Waals surface area (Å²) in [6.45, 7) is 0.352. The lowest BCUT2D eigenvalue weighted by molar-refractivity contribution is -0.129. The third kappa shape index (κ3) is 9.13. The number of sulfone groups is 1. The van der Waals surface area contributed by atoms with E-state index in [0.29, 0.717) is 6.54 Å². The molecule has 0 heterocycles. The summed E-state index contributed by atoms with van der Waals surface area (Å²) in [4.78, 5) is 12.9. The Balaban J connectivity index is 3.92. The van der Waals surface area contributed by atoms with Gasteiger partial charge in [0, 0.05) is 48.6 Å². The maximum Gasteiger partial charge on any atom is 0.223 e. The molecule has 6 nitrogen and oxygen atoms in total. The zero-order valence-electron chi connectivity index (χ0n) is 10.6. The van der Waals surface area contributed by atoms with Gasteiger partial charge in [0.15, 0.2) is 0 Å². The highest BCUT2D eigenvalue weighted by Gasteiger charge is 2.12. The summed E-state index contributed by atoms with van der Waals surface area (Å²) in [6.07, 6.45) is 1.46. The number of amides is 1. The minimum atomic E-state index is -3.11. The van der Waals surface area contributed by atoms with Gasteiger partial charge in [-0.25, -0.2) is 8.42 Å². The number of carbonyl (C=O) groups excluding carboxylic acids is 1. The number of hydrogen-bond acceptors (Lipinski definition) is 5. The molecular weight excluding hydrogens is 276 g/mol. The Morgan fingerprint density at radius 1 is 1.39 bits per heavy atom. The summed E-state index contributed by atoms with van der Waals surface area (Å²) in [5.41, 5.74) is 0. The van der Waals surface area contributed by atoms with Crippen molar-refractivity contribution in [2.45, 2.75) is 12.8 Å². The molecule has 0 saturated heterocycles. The number of nitriles is 1. The van der Waals surface area contributed by atoms with E-state index >= 15 is 0 Å². The average molecular weight is 294 g/mol. The van der Waals surface area contributed by atoms with Gasteiger partial charge in [0.1, 0.15) is 9.84 Å². The van der Waals surface area contributed by atoms with E-state index in [-0.39, 0.29) is 36.0 Å². The summed E-state index contributed by atoms with van der Waals surface area (Å²) < 4.78 is 33.2. The molecule has 0 radical (unpaired) electrons. The van der Waals surface area contributed by atoms with Crippen LogP contribution >= 0.6 is 0 Å². The van der Waals surface area contributed by atoms with Crippen molar-refractivity contribution in [1.29, 1.82) is 5.26 Å². The maximum atomic E-state index is 11.5. The van der Waals surface area contributed by atoms with Crippen molar-refractivity contribution in [2.24, 2.45) is 0 Å². The summed E-state index contributed by atoms with van der Waals surface area (Å²) >= 11 is 0. The van der Waals surface area contributed by atoms with Crippen LogP contribution in [0.15, 0.2) is 0 Å². The average Bonchev–Trinajstić information content (AvgIpc) is 2.29. The molecule has 8 heteroatoms. The molecule has 1 amide bonds. The molecule has 0 rings (SSSR count). The number of carbonyl (C=O) groups is 1. The molecule has 0 aliphatic carbocycles. The highest BCUT2D eigenvalue weighted by atomic mass is 32.2. The fraction of sp³-hybridized carbons (Fsp3) is 0.800. The van der Waals surface area contributed by atoms with Crippen LogP contribution in [-0.2, 0) is 25.4 Å². The number of nitrogens with zero attached hydrogens (tertiary/aromatic N) is 2. The second kappa shape index (κ2) is 8.21. The van der Waals surface area contributed by atoms with Crippen LogP contribution in [0.3, 0.4) is 0 Å². The second-order valence-corrected chi connectivity index (χ2v) is 7.91. The van der Waals surface area contributed by atoms with Gasteiger partial charge in [-0.05, 0) is 0 Å². The third-order valence-electron chi connectivity index (χ3n) is 2.21. The Hall–Kier alpha value is -0.940. The minimum absolute atomic E-state index is 0.0635. The van der Waals surface area contributed by atoms with Gasteiger partial charge in [-0.3, -0.25) is 9.00 Å². The van der Waals surface area contributed by atoms with E-state index < -0.39 is 20.6 Å². The highest BCUT2D eigenvalue weighted by Crippen LogP contribution is 1.97. The van der Waals surface area contributed by atoms with Crippen molar-refractivity contribution in [3.05, 3.63) is 0 Å². The van der Waals surface area contributed by atoms with Crippen molar-refractivity contribution in [2.75, 3.05) is 37.1 Å². The van der Waals surface area contributed by atoms with Gasteiger partial charge in [0.2, 0.25) is 5.91 Å². The van der Waals surface area contributed by atoms with E-state index in [9.17, 15) is 17.4 Å². The molecule has 0 bridgehead atoms. The first-order valence-electron chi connectivity index (χ1n) is 5.40. The van der Waals surface area contributed by atoms with E-state index in [2.05, 4.69) is 0 Å². The standard InChI is InChI=1S/C10H18N2O4S2/c1-12(6-3-5-11)10(13)4-7-17(14)8-9-18(2,15)16/h3-4,6-9H2,1-2H3. The molecule has 0 N–H and O–H groups in total. The van der Waals surface area contributed by atoms with E-state index in [1.54, 1.807) is 7.05 Å². The highest BCUT2D eigenvalue weighted by molar-refractivity contribution is 7.92. The zero-order valence-corrected chi connectivity index (χ0v) is 12.2. The summed E-state index contributed by atoms with van der Waals surface area (Å²) in [5, 5.41) is 8.37. The molecular formula is C10H18N2O4S2. The van der Waals surface area contributed by atoms with Crippen LogP contribution in [-0.4, -0.2) is 60.5 Å². The quantitative estimate of drug-likeness (QED) is 0.604. The van der Waals surface area contributed by atoms with Crippen LogP contribution in [0.2, 0.25) is 0 Å². The maximum absolute atomic E-state index is 11.5. The van der Waals surface area contributed by atoms with E-state index in [0.717, 1.165) is 6.26 Å². The van der Waals surface area contributed by atoms with Crippen molar-refractivity contribution in [3.63, 3.8) is 0 Å². The molecule has 0 aliphatic rings. The molecule has 0 aromatic carbocycles. The molecule has 104 valence electrons. The van der Waals surface area contributed by atoms with Crippen LogP contribution < -0.4 is 0 Å². The minimum Gasteiger partial charge on any atom is -0.345 e. The predicted octanol–water partition coefficient (Wildman–Crippen LogP) is -0.458. The molecule has 0 spiro atoms. The summed E-state index contributed by atoms with van der Waals surface area (Å²) in [6, 6.07) is 1.93. The Morgan fingerprint density at radius 2 is 2.00 bits per heavy atom. The summed E-state index contributed by atoms with van der Waals surface area (Å²) in [7, 11) is -2.83. The molecule has 1 unspecified atom stereocenters. The fourth-order valence-electron chi connectivity index (χ4n) is 1.08. The zero-order chi connectivity index (χ0) is 14.2. The third-order valence-corrected chi connectivity index (χ3v) is 4.73. The van der Waals surface area contributed by atoms with Gasteiger partial charge in [-0.2, -0.15) is 5.26 Å². The van der Waals surface area contributed by atoms with Crippen molar-refractivity contribution >= 4 is 26.5 Å². The Labute approximate surface area is 110 Å². The molecule has 0 aromatic rings. The predicted molar refractivity (Wildman–Crippen MR) is 70.1 cm³/mol. The van der Waals surface area contributed by atoms with Gasteiger partial charge in [-0.1, -0.05) is 0 Å². The van der Waals surface area contributed by atoms with Crippen molar-refractivity contribution < 1.29 is 17.4 Å². The number of rotatable bonds is 8.